The van der Waals surface area contributed by atoms with E-state index in [0.717, 1.165) is 18.5 Å². The zero-order valence-corrected chi connectivity index (χ0v) is 12.7. The number of hydrogen-bond acceptors (Lipinski definition) is 2. The maximum Gasteiger partial charge on any atom is 0.00952 e. The van der Waals surface area contributed by atoms with Gasteiger partial charge in [-0.25, -0.2) is 0 Å². The zero-order valence-electron chi connectivity index (χ0n) is 12.7. The van der Waals surface area contributed by atoms with E-state index in [1.165, 1.54) is 70.9 Å². The quantitative estimate of drug-likeness (QED) is 0.601. The molecule has 0 aromatic carbocycles. The van der Waals surface area contributed by atoms with Crippen molar-refractivity contribution in [3.63, 3.8) is 0 Å². The van der Waals surface area contributed by atoms with E-state index in [0.29, 0.717) is 0 Å². The number of nitrogens with zero attached hydrogens (tertiary/aromatic N) is 1. The monoisotopic (exact) mass is 254 g/mol. The molecule has 0 aromatic rings. The van der Waals surface area contributed by atoms with Gasteiger partial charge in [0, 0.05) is 6.04 Å². The highest BCUT2D eigenvalue weighted by atomic mass is 15.2. The van der Waals surface area contributed by atoms with Crippen molar-refractivity contribution in [3.8, 4) is 0 Å². The second-order valence-corrected chi connectivity index (χ2v) is 6.36. The minimum Gasteiger partial charge on any atom is -0.330 e. The highest BCUT2D eigenvalue weighted by Crippen LogP contribution is 2.24. The van der Waals surface area contributed by atoms with Crippen LogP contribution in [0.15, 0.2) is 0 Å². The fourth-order valence-electron chi connectivity index (χ4n) is 2.98. The summed E-state index contributed by atoms with van der Waals surface area (Å²) in [6.07, 6.45) is 12.4. The van der Waals surface area contributed by atoms with Crippen molar-refractivity contribution in [1.82, 2.24) is 4.90 Å². The molecule has 0 amide bonds. The second-order valence-electron chi connectivity index (χ2n) is 6.36. The number of hydrogen-bond donors (Lipinski definition) is 1. The Labute approximate surface area is 114 Å². The molecule has 1 aliphatic rings. The van der Waals surface area contributed by atoms with Crippen LogP contribution in [0.5, 0.6) is 0 Å². The van der Waals surface area contributed by atoms with Gasteiger partial charge in [-0.15, -0.1) is 0 Å². The molecule has 0 heterocycles. The molecule has 1 aliphatic carbocycles. The van der Waals surface area contributed by atoms with Crippen LogP contribution in [0.2, 0.25) is 0 Å². The van der Waals surface area contributed by atoms with E-state index < -0.39 is 0 Å². The molecule has 18 heavy (non-hydrogen) atoms. The number of rotatable bonds is 10. The Hall–Kier alpha value is -0.0800. The first-order valence-corrected chi connectivity index (χ1v) is 8.18. The molecular weight excluding hydrogens is 220 g/mol. The summed E-state index contributed by atoms with van der Waals surface area (Å²) in [6.45, 7) is 8.18. The van der Waals surface area contributed by atoms with Gasteiger partial charge in [-0.05, 0) is 57.7 Å². The predicted molar refractivity (Wildman–Crippen MR) is 80.8 cm³/mol. The molecule has 0 spiro atoms. The van der Waals surface area contributed by atoms with E-state index in [1.54, 1.807) is 0 Å². The number of nitrogens with two attached hydrogens (primary N) is 1. The topological polar surface area (TPSA) is 29.3 Å². The Kier molecular flexibility index (Phi) is 8.70. The van der Waals surface area contributed by atoms with Gasteiger partial charge in [-0.1, -0.05) is 39.5 Å². The molecule has 1 rings (SSSR count). The minimum absolute atomic E-state index is 0.839. The molecule has 0 aliphatic heterocycles. The fraction of sp³-hybridized carbons (Fsp3) is 1.00. The lowest BCUT2D eigenvalue weighted by atomic mass is 10.1. The zero-order chi connectivity index (χ0) is 13.2. The van der Waals surface area contributed by atoms with Gasteiger partial charge < -0.3 is 10.6 Å². The van der Waals surface area contributed by atoms with Gasteiger partial charge in [0.25, 0.3) is 0 Å². The van der Waals surface area contributed by atoms with Crippen LogP contribution in [0.4, 0.5) is 0 Å². The van der Waals surface area contributed by atoms with E-state index in [4.69, 9.17) is 5.73 Å². The molecule has 1 saturated carbocycles. The standard InChI is InChI=1S/C16H34N2/c1-15(2)11-14-18(16-9-5-6-10-16)13-8-4-3-7-12-17/h15-16H,3-14,17H2,1-2H3. The van der Waals surface area contributed by atoms with Crippen molar-refractivity contribution in [1.29, 1.82) is 0 Å². The van der Waals surface area contributed by atoms with E-state index in [-0.39, 0.29) is 0 Å². The molecule has 0 radical (unpaired) electrons. The smallest absolute Gasteiger partial charge is 0.00952 e. The summed E-state index contributed by atoms with van der Waals surface area (Å²) in [7, 11) is 0. The number of unbranched alkanes of at least 4 members (excludes halogenated alkanes) is 3. The van der Waals surface area contributed by atoms with Crippen molar-refractivity contribution in [2.45, 2.75) is 77.7 Å². The van der Waals surface area contributed by atoms with Crippen LogP contribution in [-0.2, 0) is 0 Å². The molecule has 2 N–H and O–H groups in total. The third-order valence-corrected chi connectivity index (χ3v) is 4.23. The first-order chi connectivity index (χ1) is 8.74. The Morgan fingerprint density at radius 3 is 2.28 bits per heavy atom. The average molecular weight is 254 g/mol. The normalized spacial score (nSPS) is 17.2. The van der Waals surface area contributed by atoms with Crippen molar-refractivity contribution >= 4 is 0 Å². The third-order valence-electron chi connectivity index (χ3n) is 4.23. The van der Waals surface area contributed by atoms with Crippen LogP contribution >= 0.6 is 0 Å². The molecule has 0 atom stereocenters. The summed E-state index contributed by atoms with van der Waals surface area (Å²) in [6, 6.07) is 0.901. The van der Waals surface area contributed by atoms with Gasteiger partial charge in [-0.2, -0.15) is 0 Å². The summed E-state index contributed by atoms with van der Waals surface area (Å²) in [5.41, 5.74) is 5.54. The third kappa shape index (κ3) is 6.75. The van der Waals surface area contributed by atoms with Gasteiger partial charge in [0.2, 0.25) is 0 Å². The largest absolute Gasteiger partial charge is 0.330 e. The molecule has 2 nitrogen and oxygen atoms in total. The van der Waals surface area contributed by atoms with Gasteiger partial charge in [-0.3, -0.25) is 0 Å². The van der Waals surface area contributed by atoms with Crippen molar-refractivity contribution in [2.24, 2.45) is 11.7 Å². The Morgan fingerprint density at radius 2 is 1.67 bits per heavy atom. The van der Waals surface area contributed by atoms with E-state index in [9.17, 15) is 0 Å². The molecular formula is C16H34N2. The van der Waals surface area contributed by atoms with Crippen LogP contribution in [0.1, 0.15) is 71.6 Å². The van der Waals surface area contributed by atoms with E-state index in [1.807, 2.05) is 0 Å². The molecule has 0 bridgehead atoms. The van der Waals surface area contributed by atoms with Gasteiger partial charge in [0.15, 0.2) is 0 Å². The molecule has 2 heteroatoms. The lowest BCUT2D eigenvalue weighted by Crippen LogP contribution is -2.35. The molecule has 0 saturated heterocycles. The minimum atomic E-state index is 0.839. The van der Waals surface area contributed by atoms with Crippen LogP contribution in [-0.4, -0.2) is 30.6 Å². The summed E-state index contributed by atoms with van der Waals surface area (Å²) < 4.78 is 0. The first-order valence-electron chi connectivity index (χ1n) is 8.18. The SMILES string of the molecule is CC(C)CCN(CCCCCCN)C1CCCC1. The Morgan fingerprint density at radius 1 is 1.00 bits per heavy atom. The van der Waals surface area contributed by atoms with Crippen molar-refractivity contribution in [3.05, 3.63) is 0 Å². The van der Waals surface area contributed by atoms with Gasteiger partial charge in [0.1, 0.15) is 0 Å². The van der Waals surface area contributed by atoms with Crippen LogP contribution in [0, 0.1) is 5.92 Å². The molecule has 108 valence electrons. The van der Waals surface area contributed by atoms with Gasteiger partial charge in [0.05, 0.1) is 0 Å². The average Bonchev–Trinajstić information content (AvgIpc) is 2.86. The summed E-state index contributed by atoms with van der Waals surface area (Å²) in [5, 5.41) is 0. The van der Waals surface area contributed by atoms with Crippen LogP contribution < -0.4 is 5.73 Å². The molecule has 1 fully saturated rings. The van der Waals surface area contributed by atoms with Crippen molar-refractivity contribution in [2.75, 3.05) is 19.6 Å². The Balaban J connectivity index is 2.20. The summed E-state index contributed by atoms with van der Waals surface area (Å²) >= 11 is 0. The van der Waals surface area contributed by atoms with Crippen molar-refractivity contribution < 1.29 is 0 Å². The highest BCUT2D eigenvalue weighted by Gasteiger charge is 2.21. The lowest BCUT2D eigenvalue weighted by molar-refractivity contribution is 0.184. The second kappa shape index (κ2) is 9.80. The molecule has 0 aromatic heterocycles. The van der Waals surface area contributed by atoms with E-state index in [2.05, 4.69) is 18.7 Å². The first kappa shape index (κ1) is 16.0. The van der Waals surface area contributed by atoms with Crippen LogP contribution in [0.3, 0.4) is 0 Å². The van der Waals surface area contributed by atoms with Gasteiger partial charge >= 0.3 is 0 Å². The highest BCUT2D eigenvalue weighted by molar-refractivity contribution is 4.77. The maximum atomic E-state index is 5.54. The van der Waals surface area contributed by atoms with Crippen LogP contribution in [0.25, 0.3) is 0 Å². The summed E-state index contributed by atoms with van der Waals surface area (Å²) in [4.78, 5) is 2.79. The lowest BCUT2D eigenvalue weighted by Gasteiger charge is -2.29. The maximum absolute atomic E-state index is 5.54. The van der Waals surface area contributed by atoms with E-state index >= 15 is 0 Å². The molecule has 0 unspecified atom stereocenters. The Bertz CT molecular complexity index is 186. The fourth-order valence-corrected chi connectivity index (χ4v) is 2.98. The summed E-state index contributed by atoms with van der Waals surface area (Å²) in [5.74, 6) is 0.839. The predicted octanol–water partition coefficient (Wildman–Crippen LogP) is 3.80.